The topological polar surface area (TPSA) is 12.9 Å². The first-order chi connectivity index (χ1) is 14.4. The highest BCUT2D eigenvalue weighted by Crippen LogP contribution is 2.30. The molecule has 1 aromatic heterocycles. The van der Waals surface area contributed by atoms with Crippen LogP contribution in [-0.2, 0) is 6.42 Å². The molecule has 1 heteroatoms. The number of aromatic nitrogens is 1. The van der Waals surface area contributed by atoms with E-state index in [9.17, 15) is 0 Å². The molecule has 4 aromatic carbocycles. The second kappa shape index (κ2) is 7.73. The normalized spacial score (nSPS) is 10.9. The third-order valence-electron chi connectivity index (χ3n) is 5.30. The van der Waals surface area contributed by atoms with Crippen LogP contribution in [0.4, 0.5) is 0 Å². The molecule has 0 aliphatic rings. The predicted octanol–water partition coefficient (Wildman–Crippen LogP) is 7.16. The number of hydrogen-bond donors (Lipinski definition) is 0. The van der Waals surface area contributed by atoms with Crippen LogP contribution in [0.15, 0.2) is 115 Å². The molecule has 0 aliphatic heterocycles. The van der Waals surface area contributed by atoms with E-state index >= 15 is 0 Å². The van der Waals surface area contributed by atoms with E-state index in [1.807, 2.05) is 0 Å². The van der Waals surface area contributed by atoms with Crippen LogP contribution in [0.2, 0.25) is 0 Å². The third kappa shape index (κ3) is 3.68. The van der Waals surface area contributed by atoms with Crippen molar-refractivity contribution < 1.29 is 0 Å². The summed E-state index contributed by atoms with van der Waals surface area (Å²) in [5, 5.41) is 1.17. The Morgan fingerprint density at radius 3 is 1.83 bits per heavy atom. The maximum absolute atomic E-state index is 5.08. The lowest BCUT2D eigenvalue weighted by Crippen LogP contribution is -1.97. The number of rotatable bonds is 4. The summed E-state index contributed by atoms with van der Waals surface area (Å²) < 4.78 is 0. The van der Waals surface area contributed by atoms with Crippen LogP contribution in [0.25, 0.3) is 33.2 Å². The van der Waals surface area contributed by atoms with Gasteiger partial charge >= 0.3 is 0 Å². The zero-order valence-electron chi connectivity index (χ0n) is 16.1. The Bertz CT molecular complexity index is 1240. The van der Waals surface area contributed by atoms with Crippen molar-refractivity contribution >= 4 is 10.9 Å². The van der Waals surface area contributed by atoms with Crippen molar-refractivity contribution in [3.8, 4) is 22.3 Å². The van der Waals surface area contributed by atoms with E-state index in [1.165, 1.54) is 33.2 Å². The Kier molecular flexibility index (Phi) is 4.63. The number of benzene rings is 4. The van der Waals surface area contributed by atoms with Crippen LogP contribution >= 0.6 is 0 Å². The number of hydrogen-bond acceptors (Lipinski definition) is 1. The van der Waals surface area contributed by atoms with Gasteiger partial charge in [-0.1, -0.05) is 97.1 Å². The molecule has 0 saturated carbocycles. The Morgan fingerprint density at radius 1 is 0.517 bits per heavy atom. The number of pyridine rings is 1. The van der Waals surface area contributed by atoms with Gasteiger partial charge in [0.1, 0.15) is 0 Å². The van der Waals surface area contributed by atoms with Gasteiger partial charge in [0.15, 0.2) is 0 Å². The summed E-state index contributed by atoms with van der Waals surface area (Å²) in [4.78, 5) is 5.08. The Labute approximate surface area is 171 Å². The fourth-order valence-corrected chi connectivity index (χ4v) is 3.82. The predicted molar refractivity (Wildman–Crippen MR) is 122 cm³/mol. The molecule has 0 saturated heterocycles. The summed E-state index contributed by atoms with van der Waals surface area (Å²) in [5.41, 5.74) is 8.28. The van der Waals surface area contributed by atoms with Crippen molar-refractivity contribution in [1.82, 2.24) is 4.98 Å². The summed E-state index contributed by atoms with van der Waals surface area (Å²) >= 11 is 0. The Hall–Kier alpha value is -3.71. The molecule has 0 fully saturated rings. The van der Waals surface area contributed by atoms with Crippen molar-refractivity contribution in [3.05, 3.63) is 127 Å². The van der Waals surface area contributed by atoms with Gasteiger partial charge in [0.25, 0.3) is 0 Å². The monoisotopic (exact) mass is 371 g/mol. The lowest BCUT2D eigenvalue weighted by molar-refractivity contribution is 1.10. The van der Waals surface area contributed by atoms with E-state index in [1.54, 1.807) is 0 Å². The molecule has 0 unspecified atom stereocenters. The lowest BCUT2D eigenvalue weighted by atomic mass is 9.96. The second-order valence-electron chi connectivity index (χ2n) is 7.28. The van der Waals surface area contributed by atoms with Crippen molar-refractivity contribution in [2.75, 3.05) is 0 Å². The molecular formula is C28H21N. The first kappa shape index (κ1) is 17.4. The molecule has 1 heterocycles. The van der Waals surface area contributed by atoms with Crippen LogP contribution in [0.1, 0.15) is 11.3 Å². The van der Waals surface area contributed by atoms with Gasteiger partial charge in [0, 0.05) is 17.4 Å². The van der Waals surface area contributed by atoms with Crippen LogP contribution in [0, 0.1) is 0 Å². The molecule has 0 bridgehead atoms. The first-order valence-electron chi connectivity index (χ1n) is 9.95. The quantitative estimate of drug-likeness (QED) is 0.326. The van der Waals surface area contributed by atoms with Crippen molar-refractivity contribution in [3.63, 3.8) is 0 Å². The molecule has 5 rings (SSSR count). The van der Waals surface area contributed by atoms with Crippen LogP contribution in [0.5, 0.6) is 0 Å². The smallest absolute Gasteiger partial charge is 0.0706 e. The van der Waals surface area contributed by atoms with E-state index in [0.717, 1.165) is 17.6 Å². The highest BCUT2D eigenvalue weighted by atomic mass is 14.7. The molecule has 0 amide bonds. The third-order valence-corrected chi connectivity index (χ3v) is 5.30. The van der Waals surface area contributed by atoms with Gasteiger partial charge in [-0.05, 0) is 40.5 Å². The SMILES string of the molecule is c1ccc(Cc2nc3ccc(-c4ccccc4)cc3cc2-c2ccccc2)cc1. The van der Waals surface area contributed by atoms with Crippen molar-refractivity contribution in [2.45, 2.75) is 6.42 Å². The van der Waals surface area contributed by atoms with Gasteiger partial charge in [-0.2, -0.15) is 0 Å². The van der Waals surface area contributed by atoms with E-state index in [2.05, 4.69) is 115 Å². The second-order valence-corrected chi connectivity index (χ2v) is 7.28. The molecule has 0 N–H and O–H groups in total. The fraction of sp³-hybridized carbons (Fsp3) is 0.0357. The summed E-state index contributed by atoms with van der Waals surface area (Å²) in [6, 6.07) is 40.5. The Morgan fingerprint density at radius 2 is 1.14 bits per heavy atom. The fourth-order valence-electron chi connectivity index (χ4n) is 3.82. The summed E-state index contributed by atoms with van der Waals surface area (Å²) in [7, 11) is 0. The highest BCUT2D eigenvalue weighted by Gasteiger charge is 2.11. The van der Waals surface area contributed by atoms with E-state index < -0.39 is 0 Å². The molecule has 5 aromatic rings. The van der Waals surface area contributed by atoms with Crippen molar-refractivity contribution in [2.24, 2.45) is 0 Å². The minimum Gasteiger partial charge on any atom is -0.252 e. The zero-order chi connectivity index (χ0) is 19.5. The highest BCUT2D eigenvalue weighted by molar-refractivity contribution is 5.89. The molecule has 29 heavy (non-hydrogen) atoms. The van der Waals surface area contributed by atoms with Gasteiger partial charge in [-0.3, -0.25) is 4.98 Å². The molecular weight excluding hydrogens is 350 g/mol. The summed E-state index contributed by atoms with van der Waals surface area (Å²) in [6.07, 6.45) is 0.821. The minimum absolute atomic E-state index is 0.821. The van der Waals surface area contributed by atoms with Gasteiger partial charge in [0.2, 0.25) is 0 Å². The molecule has 0 radical (unpaired) electrons. The first-order valence-corrected chi connectivity index (χ1v) is 9.95. The van der Waals surface area contributed by atoms with Crippen LogP contribution < -0.4 is 0 Å². The van der Waals surface area contributed by atoms with Gasteiger partial charge in [0.05, 0.1) is 11.2 Å². The summed E-state index contributed by atoms with van der Waals surface area (Å²) in [6.45, 7) is 0. The molecule has 0 spiro atoms. The number of fused-ring (bicyclic) bond motifs is 1. The van der Waals surface area contributed by atoms with Gasteiger partial charge in [-0.25, -0.2) is 0 Å². The largest absolute Gasteiger partial charge is 0.252 e. The zero-order valence-corrected chi connectivity index (χ0v) is 16.1. The minimum atomic E-state index is 0.821. The average molecular weight is 371 g/mol. The number of nitrogens with zero attached hydrogens (tertiary/aromatic N) is 1. The lowest BCUT2D eigenvalue weighted by Gasteiger charge is -2.12. The van der Waals surface area contributed by atoms with Crippen LogP contribution in [0.3, 0.4) is 0 Å². The molecule has 1 nitrogen and oxygen atoms in total. The molecule has 138 valence electrons. The average Bonchev–Trinajstić information content (AvgIpc) is 2.80. The van der Waals surface area contributed by atoms with Crippen molar-refractivity contribution in [1.29, 1.82) is 0 Å². The van der Waals surface area contributed by atoms with Gasteiger partial charge in [-0.15, -0.1) is 0 Å². The summed E-state index contributed by atoms with van der Waals surface area (Å²) in [5.74, 6) is 0. The van der Waals surface area contributed by atoms with E-state index in [4.69, 9.17) is 4.98 Å². The standard InChI is InChI=1S/C28H21N/c1-4-10-21(11-5-1)18-28-26(23-14-8-3-9-15-23)20-25-19-24(16-17-27(25)29-28)22-12-6-2-7-13-22/h1-17,19-20H,18H2. The van der Waals surface area contributed by atoms with Crippen LogP contribution in [-0.4, -0.2) is 4.98 Å². The van der Waals surface area contributed by atoms with E-state index in [0.29, 0.717) is 0 Å². The Balaban J connectivity index is 1.67. The maximum atomic E-state index is 5.08. The van der Waals surface area contributed by atoms with Gasteiger partial charge < -0.3 is 0 Å². The maximum Gasteiger partial charge on any atom is 0.0706 e. The molecule has 0 aliphatic carbocycles. The molecule has 0 atom stereocenters. The van der Waals surface area contributed by atoms with E-state index in [-0.39, 0.29) is 0 Å².